The summed E-state index contributed by atoms with van der Waals surface area (Å²) in [7, 11) is -0.682. The summed E-state index contributed by atoms with van der Waals surface area (Å²) < 4.78 is 22.9. The Morgan fingerprint density at radius 1 is 1.33 bits per heavy atom. The van der Waals surface area contributed by atoms with Crippen molar-refractivity contribution in [3.63, 3.8) is 0 Å². The van der Waals surface area contributed by atoms with Crippen molar-refractivity contribution in [1.29, 1.82) is 0 Å². The van der Waals surface area contributed by atoms with Crippen molar-refractivity contribution in [3.8, 4) is 0 Å². The molecule has 2 aliphatic rings. The van der Waals surface area contributed by atoms with Crippen LogP contribution >= 0.6 is 0 Å². The lowest BCUT2D eigenvalue weighted by molar-refractivity contribution is 0.188. The third-order valence-corrected chi connectivity index (χ3v) is 6.04. The van der Waals surface area contributed by atoms with Crippen molar-refractivity contribution in [2.75, 3.05) is 25.1 Å². The molecule has 5 heteroatoms. The second kappa shape index (κ2) is 5.88. The lowest BCUT2D eigenvalue weighted by Crippen LogP contribution is -2.39. The standard InChI is InChI=1S/C13H26N2O2S/c1-11(4-3-8-14-12-5-6-12)15(2)13-7-9-18(16,17)10-13/h11-14H,3-10H2,1-2H3. The van der Waals surface area contributed by atoms with Crippen LogP contribution in [0.25, 0.3) is 0 Å². The minimum atomic E-state index is -2.76. The van der Waals surface area contributed by atoms with Crippen LogP contribution in [0.3, 0.4) is 0 Å². The van der Waals surface area contributed by atoms with Crippen LogP contribution in [0.5, 0.6) is 0 Å². The highest BCUT2D eigenvalue weighted by atomic mass is 32.2. The molecular formula is C13H26N2O2S. The Balaban J connectivity index is 1.65. The maximum absolute atomic E-state index is 11.5. The van der Waals surface area contributed by atoms with Crippen LogP contribution in [0.1, 0.15) is 39.0 Å². The highest BCUT2D eigenvalue weighted by Gasteiger charge is 2.32. The third-order valence-electron chi connectivity index (χ3n) is 4.29. The Hall–Kier alpha value is -0.130. The van der Waals surface area contributed by atoms with Gasteiger partial charge in [-0.25, -0.2) is 8.42 Å². The van der Waals surface area contributed by atoms with E-state index in [9.17, 15) is 8.42 Å². The number of hydrogen-bond donors (Lipinski definition) is 1. The van der Waals surface area contributed by atoms with Gasteiger partial charge in [0.25, 0.3) is 0 Å². The molecule has 1 saturated carbocycles. The fraction of sp³-hybridized carbons (Fsp3) is 1.00. The maximum Gasteiger partial charge on any atom is 0.151 e. The van der Waals surface area contributed by atoms with E-state index in [2.05, 4.69) is 24.2 Å². The normalized spacial score (nSPS) is 28.7. The van der Waals surface area contributed by atoms with E-state index in [0.717, 1.165) is 25.4 Å². The van der Waals surface area contributed by atoms with Crippen LogP contribution in [0.15, 0.2) is 0 Å². The van der Waals surface area contributed by atoms with Crippen LogP contribution in [0.4, 0.5) is 0 Å². The Morgan fingerprint density at radius 2 is 2.06 bits per heavy atom. The molecule has 18 heavy (non-hydrogen) atoms. The molecule has 1 heterocycles. The molecule has 2 fully saturated rings. The molecule has 2 unspecified atom stereocenters. The minimum absolute atomic E-state index is 0.237. The van der Waals surface area contributed by atoms with E-state index in [4.69, 9.17) is 0 Å². The summed E-state index contributed by atoms with van der Waals surface area (Å²) in [5.41, 5.74) is 0. The fourth-order valence-corrected chi connectivity index (χ4v) is 4.44. The van der Waals surface area contributed by atoms with Crippen molar-refractivity contribution in [2.45, 2.75) is 57.2 Å². The molecule has 1 saturated heterocycles. The molecular weight excluding hydrogens is 248 g/mol. The number of nitrogens with zero attached hydrogens (tertiary/aromatic N) is 1. The topological polar surface area (TPSA) is 49.4 Å². The zero-order chi connectivity index (χ0) is 13.2. The predicted octanol–water partition coefficient (Wildman–Crippen LogP) is 1.03. The van der Waals surface area contributed by atoms with Gasteiger partial charge in [-0.15, -0.1) is 0 Å². The number of nitrogens with one attached hydrogen (secondary N) is 1. The Kier molecular flexibility index (Phi) is 4.67. The van der Waals surface area contributed by atoms with Gasteiger partial charge in [0.15, 0.2) is 9.84 Å². The summed E-state index contributed by atoms with van der Waals surface area (Å²) in [5.74, 6) is 0.728. The summed E-state index contributed by atoms with van der Waals surface area (Å²) in [6, 6.07) is 1.50. The molecule has 2 rings (SSSR count). The quantitative estimate of drug-likeness (QED) is 0.704. The number of hydrogen-bond acceptors (Lipinski definition) is 4. The lowest BCUT2D eigenvalue weighted by atomic mass is 10.1. The van der Waals surface area contributed by atoms with Gasteiger partial charge in [0.05, 0.1) is 11.5 Å². The zero-order valence-corrected chi connectivity index (χ0v) is 12.4. The first-order valence-corrected chi connectivity index (χ1v) is 8.96. The van der Waals surface area contributed by atoms with E-state index in [1.165, 1.54) is 19.3 Å². The van der Waals surface area contributed by atoms with Crippen molar-refractivity contribution in [2.24, 2.45) is 0 Å². The Morgan fingerprint density at radius 3 is 2.61 bits per heavy atom. The largest absolute Gasteiger partial charge is 0.314 e. The second-order valence-electron chi connectivity index (χ2n) is 5.94. The molecule has 4 nitrogen and oxygen atoms in total. The van der Waals surface area contributed by atoms with E-state index in [1.54, 1.807) is 0 Å². The summed E-state index contributed by atoms with van der Waals surface area (Å²) in [5, 5.41) is 3.52. The van der Waals surface area contributed by atoms with E-state index in [0.29, 0.717) is 17.5 Å². The van der Waals surface area contributed by atoms with Crippen molar-refractivity contribution in [1.82, 2.24) is 10.2 Å². The first-order valence-electron chi connectivity index (χ1n) is 7.14. The van der Waals surface area contributed by atoms with Crippen LogP contribution in [-0.4, -0.2) is 56.5 Å². The summed E-state index contributed by atoms with van der Waals surface area (Å²) in [6.45, 7) is 3.31. The lowest BCUT2D eigenvalue weighted by Gasteiger charge is -2.29. The third kappa shape index (κ3) is 4.21. The van der Waals surface area contributed by atoms with Gasteiger partial charge in [-0.2, -0.15) is 0 Å². The predicted molar refractivity (Wildman–Crippen MR) is 74.5 cm³/mol. The average molecular weight is 274 g/mol. The molecule has 0 radical (unpaired) electrons. The van der Waals surface area contributed by atoms with E-state index in [1.807, 2.05) is 0 Å². The highest BCUT2D eigenvalue weighted by molar-refractivity contribution is 7.91. The molecule has 0 aromatic rings. The molecule has 106 valence electrons. The summed E-state index contributed by atoms with van der Waals surface area (Å²) in [6.07, 6.45) is 5.82. The number of rotatable bonds is 7. The Labute approximate surface area is 111 Å². The summed E-state index contributed by atoms with van der Waals surface area (Å²) in [4.78, 5) is 2.27. The van der Waals surface area contributed by atoms with E-state index in [-0.39, 0.29) is 6.04 Å². The molecule has 1 N–H and O–H groups in total. The van der Waals surface area contributed by atoms with Crippen LogP contribution in [0.2, 0.25) is 0 Å². The molecule has 0 bridgehead atoms. The highest BCUT2D eigenvalue weighted by Crippen LogP contribution is 2.21. The van der Waals surface area contributed by atoms with Crippen molar-refractivity contribution < 1.29 is 8.42 Å². The first kappa shape index (κ1) is 14.3. The molecule has 1 aliphatic carbocycles. The minimum Gasteiger partial charge on any atom is -0.314 e. The molecule has 0 aromatic heterocycles. The van der Waals surface area contributed by atoms with Gasteiger partial charge in [-0.05, 0) is 52.6 Å². The van der Waals surface area contributed by atoms with Crippen molar-refractivity contribution in [3.05, 3.63) is 0 Å². The monoisotopic (exact) mass is 274 g/mol. The van der Waals surface area contributed by atoms with Gasteiger partial charge in [0, 0.05) is 18.1 Å². The van der Waals surface area contributed by atoms with Gasteiger partial charge in [-0.3, -0.25) is 4.90 Å². The summed E-state index contributed by atoms with van der Waals surface area (Å²) >= 11 is 0. The SMILES string of the molecule is CC(CCCNC1CC1)N(C)C1CCS(=O)(=O)C1. The number of sulfone groups is 1. The average Bonchev–Trinajstić information content (AvgIpc) is 3.06. The zero-order valence-electron chi connectivity index (χ0n) is 11.6. The molecule has 0 amide bonds. The van der Waals surface area contributed by atoms with Crippen LogP contribution in [-0.2, 0) is 9.84 Å². The van der Waals surface area contributed by atoms with Crippen molar-refractivity contribution >= 4 is 9.84 Å². The van der Waals surface area contributed by atoms with E-state index >= 15 is 0 Å². The van der Waals surface area contributed by atoms with E-state index < -0.39 is 9.84 Å². The van der Waals surface area contributed by atoms with Gasteiger partial charge < -0.3 is 5.32 Å². The smallest absolute Gasteiger partial charge is 0.151 e. The fourth-order valence-electron chi connectivity index (χ4n) is 2.65. The van der Waals surface area contributed by atoms with Gasteiger partial charge in [0.1, 0.15) is 0 Å². The molecule has 1 aliphatic heterocycles. The van der Waals surface area contributed by atoms with Crippen LogP contribution in [0, 0.1) is 0 Å². The molecule has 0 aromatic carbocycles. The van der Waals surface area contributed by atoms with Gasteiger partial charge in [-0.1, -0.05) is 0 Å². The molecule has 0 spiro atoms. The molecule has 2 atom stereocenters. The second-order valence-corrected chi connectivity index (χ2v) is 8.17. The Bertz CT molecular complexity index is 365. The maximum atomic E-state index is 11.5. The van der Waals surface area contributed by atoms with Crippen LogP contribution < -0.4 is 5.32 Å². The first-order chi connectivity index (χ1) is 8.48. The van der Waals surface area contributed by atoms with Gasteiger partial charge in [0.2, 0.25) is 0 Å². The van der Waals surface area contributed by atoms with Gasteiger partial charge >= 0.3 is 0 Å².